The Morgan fingerprint density at radius 3 is 2.67 bits per heavy atom. The fourth-order valence-corrected chi connectivity index (χ4v) is 2.06. The molecule has 96 valence electrons. The van der Waals surface area contributed by atoms with Crippen LogP contribution in [-0.4, -0.2) is 17.1 Å². The molecule has 1 aromatic rings. The number of aliphatic carboxylic acids is 1. The molecule has 0 fully saturated rings. The minimum absolute atomic E-state index is 0.292. The van der Waals surface area contributed by atoms with Crippen LogP contribution in [0.15, 0.2) is 22.7 Å². The van der Waals surface area contributed by atoms with Gasteiger partial charge in [0.15, 0.2) is 0 Å². The van der Waals surface area contributed by atoms with Gasteiger partial charge in [0.25, 0.3) is 0 Å². The first kappa shape index (κ1) is 14.5. The molecule has 0 heterocycles. The number of hydrogen-bond acceptors (Lipinski definition) is 3. The number of carboxylic acid groups (broad SMARTS) is 1. The van der Waals surface area contributed by atoms with Gasteiger partial charge in [-0.3, -0.25) is 0 Å². The zero-order valence-corrected chi connectivity index (χ0v) is 11.9. The lowest BCUT2D eigenvalue weighted by Crippen LogP contribution is -2.30. The van der Waals surface area contributed by atoms with Gasteiger partial charge in [0.1, 0.15) is 12.1 Å². The number of rotatable bonds is 5. The molecule has 0 spiro atoms. The molecule has 1 aromatic carbocycles. The van der Waals surface area contributed by atoms with Crippen molar-refractivity contribution in [3.63, 3.8) is 0 Å². The van der Waals surface area contributed by atoms with Crippen LogP contribution in [0.2, 0.25) is 0 Å². The number of nitrogens with one attached hydrogen (secondary N) is 1. The number of carboxylic acids is 1. The van der Waals surface area contributed by atoms with E-state index in [0.29, 0.717) is 28.1 Å². The lowest BCUT2D eigenvalue weighted by atomic mass is 10.0. The second-order valence-electron chi connectivity index (χ2n) is 4.47. The summed E-state index contributed by atoms with van der Waals surface area (Å²) in [5.41, 5.74) is 1.21. The highest BCUT2D eigenvalue weighted by atomic mass is 79.9. The fourth-order valence-electron chi connectivity index (χ4n) is 1.59. The topological polar surface area (TPSA) is 73.1 Å². The maximum atomic E-state index is 11.1. The van der Waals surface area contributed by atoms with Gasteiger partial charge in [-0.25, -0.2) is 4.79 Å². The quantitative estimate of drug-likeness (QED) is 0.875. The lowest BCUT2D eigenvalue weighted by molar-refractivity contribution is -0.138. The summed E-state index contributed by atoms with van der Waals surface area (Å²) < 4.78 is 0.656. The zero-order valence-electron chi connectivity index (χ0n) is 10.3. The molecular weight excluding hydrogens is 296 g/mol. The Hall–Kier alpha value is -1.54. The smallest absolute Gasteiger partial charge is 0.326 e. The van der Waals surface area contributed by atoms with E-state index >= 15 is 0 Å². The Kier molecular flexibility index (Phi) is 5.17. The van der Waals surface area contributed by atoms with Crippen molar-refractivity contribution >= 4 is 27.6 Å². The summed E-state index contributed by atoms with van der Waals surface area (Å²) in [5.74, 6) is -0.579. The third-order valence-corrected chi connectivity index (χ3v) is 3.09. The number of benzene rings is 1. The maximum absolute atomic E-state index is 11.1. The van der Waals surface area contributed by atoms with Crippen molar-refractivity contribution in [3.05, 3.63) is 28.2 Å². The number of carbonyl (C=O) groups is 1. The molecule has 4 nitrogen and oxygen atoms in total. The van der Waals surface area contributed by atoms with Crippen LogP contribution in [0, 0.1) is 17.2 Å². The van der Waals surface area contributed by atoms with Crippen LogP contribution in [0.1, 0.15) is 25.8 Å². The number of anilines is 1. The Labute approximate surface area is 115 Å². The summed E-state index contributed by atoms with van der Waals surface area (Å²) in [4.78, 5) is 11.1. The Balaban J connectivity index is 2.85. The molecule has 0 bridgehead atoms. The standard InChI is InChI=1S/C13H15BrN2O2/c1-8(2)5-12(13(17)18)16-10-4-3-9(7-15)11(14)6-10/h3-4,6,8,12,16H,5H2,1-2H3,(H,17,18). The highest BCUT2D eigenvalue weighted by Gasteiger charge is 2.18. The van der Waals surface area contributed by atoms with Gasteiger partial charge in [-0.15, -0.1) is 0 Å². The Bertz CT molecular complexity index is 480. The van der Waals surface area contributed by atoms with Crippen LogP contribution in [0.25, 0.3) is 0 Å². The molecule has 0 aliphatic carbocycles. The number of halogens is 1. The number of hydrogen-bond donors (Lipinski definition) is 2. The van der Waals surface area contributed by atoms with Gasteiger partial charge in [0.05, 0.1) is 5.56 Å². The van der Waals surface area contributed by atoms with Crippen molar-refractivity contribution in [1.82, 2.24) is 0 Å². The predicted octanol–water partition coefficient (Wildman–Crippen LogP) is 3.23. The van der Waals surface area contributed by atoms with Crippen molar-refractivity contribution in [3.8, 4) is 6.07 Å². The van der Waals surface area contributed by atoms with Crippen LogP contribution in [0.3, 0.4) is 0 Å². The molecule has 2 N–H and O–H groups in total. The molecular formula is C13H15BrN2O2. The van der Waals surface area contributed by atoms with E-state index in [0.717, 1.165) is 0 Å². The van der Waals surface area contributed by atoms with E-state index < -0.39 is 12.0 Å². The minimum Gasteiger partial charge on any atom is -0.480 e. The normalized spacial score (nSPS) is 11.9. The summed E-state index contributed by atoms with van der Waals surface area (Å²) in [6.45, 7) is 3.96. The average molecular weight is 311 g/mol. The molecule has 0 aliphatic heterocycles. The molecule has 0 saturated carbocycles. The highest BCUT2D eigenvalue weighted by molar-refractivity contribution is 9.10. The monoisotopic (exact) mass is 310 g/mol. The molecule has 0 aromatic heterocycles. The van der Waals surface area contributed by atoms with E-state index in [1.807, 2.05) is 19.9 Å². The first-order valence-corrected chi connectivity index (χ1v) is 6.42. The third-order valence-electron chi connectivity index (χ3n) is 2.44. The van der Waals surface area contributed by atoms with Gasteiger partial charge in [-0.05, 0) is 46.5 Å². The molecule has 0 saturated heterocycles. The third kappa shape index (κ3) is 4.04. The summed E-state index contributed by atoms with van der Waals surface area (Å²) in [6.07, 6.45) is 0.549. The van der Waals surface area contributed by atoms with E-state index in [-0.39, 0.29) is 0 Å². The summed E-state index contributed by atoms with van der Waals surface area (Å²) in [6, 6.07) is 6.50. The Morgan fingerprint density at radius 2 is 2.22 bits per heavy atom. The van der Waals surface area contributed by atoms with Gasteiger partial charge in [0.2, 0.25) is 0 Å². The molecule has 18 heavy (non-hydrogen) atoms. The van der Waals surface area contributed by atoms with Gasteiger partial charge in [-0.2, -0.15) is 5.26 Å². The van der Waals surface area contributed by atoms with Crippen molar-refractivity contribution < 1.29 is 9.90 Å². The van der Waals surface area contributed by atoms with Gasteiger partial charge >= 0.3 is 5.97 Å². The lowest BCUT2D eigenvalue weighted by Gasteiger charge is -2.17. The molecule has 1 rings (SSSR count). The minimum atomic E-state index is -0.871. The fraction of sp³-hybridized carbons (Fsp3) is 0.385. The van der Waals surface area contributed by atoms with Crippen molar-refractivity contribution in [2.24, 2.45) is 5.92 Å². The molecule has 5 heteroatoms. The van der Waals surface area contributed by atoms with E-state index in [1.54, 1.807) is 18.2 Å². The van der Waals surface area contributed by atoms with E-state index in [1.165, 1.54) is 0 Å². The van der Waals surface area contributed by atoms with E-state index in [4.69, 9.17) is 10.4 Å². The molecule has 1 atom stereocenters. The van der Waals surface area contributed by atoms with Crippen molar-refractivity contribution in [2.75, 3.05) is 5.32 Å². The van der Waals surface area contributed by atoms with Gasteiger partial charge < -0.3 is 10.4 Å². The van der Waals surface area contributed by atoms with Gasteiger partial charge in [-0.1, -0.05) is 13.8 Å². The van der Waals surface area contributed by atoms with Crippen LogP contribution >= 0.6 is 15.9 Å². The first-order valence-electron chi connectivity index (χ1n) is 5.63. The van der Waals surface area contributed by atoms with Gasteiger partial charge in [0, 0.05) is 10.2 Å². The maximum Gasteiger partial charge on any atom is 0.326 e. The highest BCUT2D eigenvalue weighted by Crippen LogP contribution is 2.22. The SMILES string of the molecule is CC(C)CC(Nc1ccc(C#N)c(Br)c1)C(=O)O. The second kappa shape index (κ2) is 6.41. The predicted molar refractivity (Wildman–Crippen MR) is 73.4 cm³/mol. The Morgan fingerprint density at radius 1 is 1.56 bits per heavy atom. The van der Waals surface area contributed by atoms with Crippen LogP contribution in [0.5, 0.6) is 0 Å². The van der Waals surface area contributed by atoms with Crippen molar-refractivity contribution in [2.45, 2.75) is 26.3 Å². The van der Waals surface area contributed by atoms with Crippen LogP contribution in [0.4, 0.5) is 5.69 Å². The number of nitrogens with zero attached hydrogens (tertiary/aromatic N) is 1. The molecule has 0 amide bonds. The average Bonchev–Trinajstić information content (AvgIpc) is 2.27. The first-order chi connectivity index (χ1) is 8.43. The van der Waals surface area contributed by atoms with Crippen LogP contribution in [-0.2, 0) is 4.79 Å². The molecule has 0 aliphatic rings. The zero-order chi connectivity index (χ0) is 13.7. The summed E-state index contributed by atoms with van der Waals surface area (Å²) in [5, 5.41) is 20.9. The molecule has 1 unspecified atom stereocenters. The summed E-state index contributed by atoms with van der Waals surface area (Å²) >= 11 is 3.28. The van der Waals surface area contributed by atoms with Crippen LogP contribution < -0.4 is 5.32 Å². The molecule has 0 radical (unpaired) electrons. The van der Waals surface area contributed by atoms with E-state index in [9.17, 15) is 4.79 Å². The summed E-state index contributed by atoms with van der Waals surface area (Å²) in [7, 11) is 0. The largest absolute Gasteiger partial charge is 0.480 e. The number of nitriles is 1. The van der Waals surface area contributed by atoms with E-state index in [2.05, 4.69) is 21.2 Å². The van der Waals surface area contributed by atoms with Crippen molar-refractivity contribution in [1.29, 1.82) is 5.26 Å². The second-order valence-corrected chi connectivity index (χ2v) is 5.33.